The highest BCUT2D eigenvalue weighted by molar-refractivity contribution is 5.84. The Kier molecular flexibility index (Phi) is 13.0. The molecule has 0 aliphatic rings. The minimum absolute atomic E-state index is 0.00601. The van der Waals surface area contributed by atoms with Gasteiger partial charge in [-0.05, 0) is 47.0 Å². The molecule has 0 spiro atoms. The second-order valence-corrected chi connectivity index (χ2v) is 8.45. The van der Waals surface area contributed by atoms with Crippen molar-refractivity contribution in [3.8, 4) is 0 Å². The first-order valence-electron chi connectivity index (χ1n) is 10.6. The van der Waals surface area contributed by atoms with Gasteiger partial charge in [0.05, 0.1) is 18.8 Å². The summed E-state index contributed by atoms with van der Waals surface area (Å²) in [6, 6.07) is -1.09. The Morgan fingerprint density at radius 3 is 2.16 bits per heavy atom. The van der Waals surface area contributed by atoms with Crippen LogP contribution in [0.1, 0.15) is 67.2 Å². The van der Waals surface area contributed by atoms with E-state index in [0.29, 0.717) is 19.6 Å². The maximum absolute atomic E-state index is 12.1. The lowest BCUT2D eigenvalue weighted by Crippen LogP contribution is -2.45. The second-order valence-electron chi connectivity index (χ2n) is 8.45. The van der Waals surface area contributed by atoms with E-state index >= 15 is 0 Å². The molecule has 10 heteroatoms. The summed E-state index contributed by atoms with van der Waals surface area (Å²) in [7, 11) is 0. The number of rotatable bonds is 16. The van der Waals surface area contributed by atoms with E-state index in [1.54, 1.807) is 13.8 Å². The van der Waals surface area contributed by atoms with Crippen LogP contribution in [0.15, 0.2) is 0 Å². The Morgan fingerprint density at radius 1 is 0.968 bits per heavy atom. The quantitative estimate of drug-likeness (QED) is 0.259. The molecular weight excluding hydrogens is 406 g/mol. The van der Waals surface area contributed by atoms with Crippen LogP contribution < -0.4 is 16.0 Å². The van der Waals surface area contributed by atoms with E-state index in [4.69, 9.17) is 14.6 Å². The first kappa shape index (κ1) is 28.8. The highest BCUT2D eigenvalue weighted by Crippen LogP contribution is 2.17. The lowest BCUT2D eigenvalue weighted by molar-refractivity contribution is -0.145. The Bertz CT molecular complexity index is 606. The molecule has 0 saturated carbocycles. The summed E-state index contributed by atoms with van der Waals surface area (Å²) in [4.78, 5) is 46.0. The fraction of sp³-hybridized carbons (Fsp3) is 0.810. The lowest BCUT2D eigenvalue weighted by atomic mass is 10.0. The summed E-state index contributed by atoms with van der Waals surface area (Å²) in [5, 5.41) is 16.8. The molecule has 0 fully saturated rings. The summed E-state index contributed by atoms with van der Waals surface area (Å²) in [6.45, 7) is 11.9. The molecule has 31 heavy (non-hydrogen) atoms. The van der Waals surface area contributed by atoms with Gasteiger partial charge in [0.1, 0.15) is 11.6 Å². The van der Waals surface area contributed by atoms with E-state index < -0.39 is 29.1 Å². The number of carboxylic acids is 1. The molecule has 180 valence electrons. The second kappa shape index (κ2) is 14.0. The van der Waals surface area contributed by atoms with E-state index in [-0.39, 0.29) is 37.8 Å². The van der Waals surface area contributed by atoms with Gasteiger partial charge in [-0.1, -0.05) is 6.92 Å². The van der Waals surface area contributed by atoms with Gasteiger partial charge >= 0.3 is 5.97 Å². The van der Waals surface area contributed by atoms with Crippen LogP contribution in [0.4, 0.5) is 0 Å². The smallest absolute Gasteiger partial charge is 0.326 e. The Labute approximate surface area is 184 Å². The average Bonchev–Trinajstić information content (AvgIpc) is 2.65. The molecule has 0 aliphatic heterocycles. The zero-order chi connectivity index (χ0) is 24.1. The van der Waals surface area contributed by atoms with Crippen LogP contribution in [0.25, 0.3) is 0 Å². The molecule has 1 unspecified atom stereocenters. The molecule has 10 nitrogen and oxygen atoms in total. The molecule has 0 bridgehead atoms. The van der Waals surface area contributed by atoms with Gasteiger partial charge in [-0.25, -0.2) is 4.79 Å². The van der Waals surface area contributed by atoms with Crippen LogP contribution in [0.5, 0.6) is 0 Å². The number of hydrogen-bond donors (Lipinski definition) is 4. The SMILES string of the molecule is CCCNC(=O)C(C)(C)OCCC(C)(C)OCCNC(=O)CCC(NC(C)=O)C(=O)O. The molecular formula is C21H39N3O7. The molecule has 0 radical (unpaired) electrons. The van der Waals surface area contributed by atoms with Crippen LogP contribution in [-0.4, -0.2) is 72.3 Å². The van der Waals surface area contributed by atoms with Gasteiger partial charge in [0, 0.05) is 26.4 Å². The minimum atomic E-state index is -1.18. The van der Waals surface area contributed by atoms with Crippen LogP contribution in [0, 0.1) is 0 Å². The molecule has 4 N–H and O–H groups in total. The number of nitrogens with one attached hydrogen (secondary N) is 3. The number of amides is 3. The summed E-state index contributed by atoms with van der Waals surface area (Å²) in [5.41, 5.74) is -1.44. The van der Waals surface area contributed by atoms with Crippen molar-refractivity contribution in [2.75, 3.05) is 26.3 Å². The summed E-state index contributed by atoms with van der Waals surface area (Å²) in [5.74, 6) is -2.11. The van der Waals surface area contributed by atoms with Crippen molar-refractivity contribution in [3.05, 3.63) is 0 Å². The number of ether oxygens (including phenoxy) is 2. The number of aliphatic carboxylic acids is 1. The minimum Gasteiger partial charge on any atom is -0.480 e. The van der Waals surface area contributed by atoms with Gasteiger partial charge in [-0.15, -0.1) is 0 Å². The summed E-state index contributed by atoms with van der Waals surface area (Å²) in [6.07, 6.45) is 1.40. The van der Waals surface area contributed by atoms with Gasteiger partial charge in [-0.3, -0.25) is 14.4 Å². The predicted molar refractivity (Wildman–Crippen MR) is 115 cm³/mol. The fourth-order valence-electron chi connectivity index (χ4n) is 2.53. The number of carbonyl (C=O) groups is 4. The van der Waals surface area contributed by atoms with E-state index in [1.807, 2.05) is 20.8 Å². The van der Waals surface area contributed by atoms with Crippen molar-refractivity contribution in [2.45, 2.75) is 84.5 Å². The number of carbonyl (C=O) groups excluding carboxylic acids is 3. The standard InChI is InChI=1S/C21H39N3O7/c1-7-11-23-19(29)21(5,6)31-13-10-20(3,4)30-14-12-22-17(26)9-8-16(18(27)28)24-15(2)25/h16H,7-14H2,1-6H3,(H,22,26)(H,23,29)(H,24,25)(H,27,28). The number of hydrogen-bond acceptors (Lipinski definition) is 6. The largest absolute Gasteiger partial charge is 0.480 e. The van der Waals surface area contributed by atoms with Gasteiger partial charge in [0.15, 0.2) is 0 Å². The van der Waals surface area contributed by atoms with Crippen LogP contribution in [0.2, 0.25) is 0 Å². The van der Waals surface area contributed by atoms with E-state index in [9.17, 15) is 19.2 Å². The highest BCUT2D eigenvalue weighted by atomic mass is 16.5. The highest BCUT2D eigenvalue weighted by Gasteiger charge is 2.29. The van der Waals surface area contributed by atoms with Gasteiger partial charge in [0.25, 0.3) is 5.91 Å². The van der Waals surface area contributed by atoms with Gasteiger partial charge in [-0.2, -0.15) is 0 Å². The Hall–Kier alpha value is -2.20. The van der Waals surface area contributed by atoms with E-state index in [0.717, 1.165) is 6.42 Å². The van der Waals surface area contributed by atoms with Crippen molar-refractivity contribution >= 4 is 23.7 Å². The maximum Gasteiger partial charge on any atom is 0.326 e. The molecule has 1 atom stereocenters. The molecule has 0 aromatic carbocycles. The molecule has 0 aliphatic carbocycles. The monoisotopic (exact) mass is 445 g/mol. The van der Waals surface area contributed by atoms with Crippen molar-refractivity contribution in [1.29, 1.82) is 0 Å². The summed E-state index contributed by atoms with van der Waals surface area (Å²) < 4.78 is 11.5. The van der Waals surface area contributed by atoms with Crippen molar-refractivity contribution in [2.24, 2.45) is 0 Å². The van der Waals surface area contributed by atoms with Crippen LogP contribution in [-0.2, 0) is 28.7 Å². The molecule has 0 heterocycles. The Balaban J connectivity index is 4.16. The topological polar surface area (TPSA) is 143 Å². The molecule has 0 saturated heterocycles. The molecule has 0 aromatic rings. The van der Waals surface area contributed by atoms with Gasteiger partial charge < -0.3 is 30.5 Å². The van der Waals surface area contributed by atoms with Crippen LogP contribution in [0.3, 0.4) is 0 Å². The molecule has 0 rings (SSSR count). The average molecular weight is 446 g/mol. The van der Waals surface area contributed by atoms with Crippen molar-refractivity contribution in [3.63, 3.8) is 0 Å². The lowest BCUT2D eigenvalue weighted by Gasteiger charge is -2.29. The first-order chi connectivity index (χ1) is 14.3. The third-order valence-electron chi connectivity index (χ3n) is 4.50. The maximum atomic E-state index is 12.1. The Morgan fingerprint density at radius 2 is 1.61 bits per heavy atom. The third-order valence-corrected chi connectivity index (χ3v) is 4.50. The fourth-order valence-corrected chi connectivity index (χ4v) is 2.53. The number of carboxylic acid groups (broad SMARTS) is 1. The van der Waals surface area contributed by atoms with Crippen LogP contribution >= 0.6 is 0 Å². The van der Waals surface area contributed by atoms with E-state index in [2.05, 4.69) is 16.0 Å². The summed E-state index contributed by atoms with van der Waals surface area (Å²) >= 11 is 0. The normalized spacial score (nSPS) is 12.7. The molecule has 3 amide bonds. The molecule has 0 aromatic heterocycles. The predicted octanol–water partition coefficient (Wildman–Crippen LogP) is 0.979. The van der Waals surface area contributed by atoms with Gasteiger partial charge in [0.2, 0.25) is 11.8 Å². The third kappa shape index (κ3) is 13.7. The van der Waals surface area contributed by atoms with E-state index in [1.165, 1.54) is 6.92 Å². The van der Waals surface area contributed by atoms with Crippen molar-refractivity contribution in [1.82, 2.24) is 16.0 Å². The van der Waals surface area contributed by atoms with Crippen molar-refractivity contribution < 1.29 is 33.8 Å². The zero-order valence-electron chi connectivity index (χ0n) is 19.6. The zero-order valence-corrected chi connectivity index (χ0v) is 19.6. The first-order valence-corrected chi connectivity index (χ1v) is 10.6.